The van der Waals surface area contributed by atoms with Gasteiger partial charge in [0.15, 0.2) is 5.96 Å². The molecule has 21 heavy (non-hydrogen) atoms. The van der Waals surface area contributed by atoms with Crippen molar-refractivity contribution in [3.8, 4) is 0 Å². The Labute approximate surface area is 126 Å². The fourth-order valence-electron chi connectivity index (χ4n) is 3.47. The van der Waals surface area contributed by atoms with Crippen molar-refractivity contribution >= 4 is 5.96 Å². The molecule has 0 bridgehead atoms. The molecule has 0 amide bonds. The minimum Gasteiger partial charge on any atom is -0.396 e. The van der Waals surface area contributed by atoms with Gasteiger partial charge in [0.05, 0.1) is 13.2 Å². The minimum absolute atomic E-state index is 0.108. The van der Waals surface area contributed by atoms with Gasteiger partial charge in [-0.3, -0.25) is 4.99 Å². The quantitative estimate of drug-likeness (QED) is 0.573. The van der Waals surface area contributed by atoms with E-state index in [4.69, 9.17) is 5.73 Å². The van der Waals surface area contributed by atoms with E-state index in [1.165, 1.54) is 31.2 Å². The van der Waals surface area contributed by atoms with Crippen LogP contribution in [-0.2, 0) is 0 Å². The number of aliphatic hydroxyl groups excluding tert-OH is 1. The van der Waals surface area contributed by atoms with E-state index < -0.39 is 0 Å². The molecule has 2 aliphatic carbocycles. The summed E-state index contributed by atoms with van der Waals surface area (Å²) in [7, 11) is 0. The molecule has 2 atom stereocenters. The molecular formula is C17H25N3O. The van der Waals surface area contributed by atoms with Crippen molar-refractivity contribution in [1.82, 2.24) is 5.32 Å². The van der Waals surface area contributed by atoms with Gasteiger partial charge in [0.1, 0.15) is 0 Å². The highest BCUT2D eigenvalue weighted by molar-refractivity contribution is 5.78. The van der Waals surface area contributed by atoms with Crippen LogP contribution in [0.3, 0.4) is 0 Å². The maximum Gasteiger partial charge on any atom is 0.188 e. The molecule has 0 spiro atoms. The number of nitrogens with two attached hydrogens (primary N) is 1. The van der Waals surface area contributed by atoms with Gasteiger partial charge in [-0.15, -0.1) is 0 Å². The van der Waals surface area contributed by atoms with E-state index >= 15 is 0 Å². The topological polar surface area (TPSA) is 70.6 Å². The summed E-state index contributed by atoms with van der Waals surface area (Å²) in [6.07, 6.45) is 5.93. The Balaban J connectivity index is 1.58. The van der Waals surface area contributed by atoms with Crippen LogP contribution in [0.5, 0.6) is 0 Å². The molecule has 0 aromatic heterocycles. The summed E-state index contributed by atoms with van der Waals surface area (Å²) in [5, 5.41) is 13.1. The molecule has 2 unspecified atom stereocenters. The van der Waals surface area contributed by atoms with Crippen LogP contribution >= 0.6 is 0 Å². The number of hydrogen-bond acceptors (Lipinski definition) is 2. The predicted octanol–water partition coefficient (Wildman–Crippen LogP) is 2.00. The number of guanidine groups is 1. The average molecular weight is 287 g/mol. The van der Waals surface area contributed by atoms with E-state index in [0.29, 0.717) is 24.5 Å². The van der Waals surface area contributed by atoms with Crippen molar-refractivity contribution in [2.75, 3.05) is 13.2 Å². The third kappa shape index (κ3) is 3.21. The van der Waals surface area contributed by atoms with Crippen molar-refractivity contribution in [3.63, 3.8) is 0 Å². The second kappa shape index (κ2) is 6.06. The number of hydrogen-bond donors (Lipinski definition) is 3. The summed E-state index contributed by atoms with van der Waals surface area (Å²) in [5.41, 5.74) is 7.17. The summed E-state index contributed by atoms with van der Waals surface area (Å²) in [6.45, 7) is 0.779. The van der Waals surface area contributed by atoms with Crippen LogP contribution in [0.15, 0.2) is 35.3 Å². The van der Waals surface area contributed by atoms with Crippen molar-refractivity contribution < 1.29 is 5.11 Å². The first kappa shape index (κ1) is 14.4. The second-order valence-corrected chi connectivity index (χ2v) is 6.52. The van der Waals surface area contributed by atoms with Gasteiger partial charge >= 0.3 is 0 Å². The molecule has 0 heterocycles. The van der Waals surface area contributed by atoms with Gasteiger partial charge in [0.2, 0.25) is 0 Å². The van der Waals surface area contributed by atoms with E-state index in [-0.39, 0.29) is 12.0 Å². The van der Waals surface area contributed by atoms with Gasteiger partial charge in [-0.2, -0.15) is 0 Å². The lowest BCUT2D eigenvalue weighted by molar-refractivity contribution is 0.212. The van der Waals surface area contributed by atoms with Gasteiger partial charge in [-0.25, -0.2) is 0 Å². The Kier molecular flexibility index (Phi) is 4.15. The van der Waals surface area contributed by atoms with Gasteiger partial charge in [0, 0.05) is 11.5 Å². The molecule has 0 aliphatic heterocycles. The summed E-state index contributed by atoms with van der Waals surface area (Å²) < 4.78 is 0. The third-order valence-electron chi connectivity index (χ3n) is 4.98. The molecule has 2 fully saturated rings. The molecule has 1 aromatic carbocycles. The molecule has 4 heteroatoms. The first-order valence-electron chi connectivity index (χ1n) is 7.96. The standard InChI is InChI=1S/C17H25N3O/c18-16(20-14-8-4-5-9-14)19-11-17(12-21)10-15(17)13-6-2-1-3-7-13/h1-3,6-7,14-15,21H,4-5,8-12H2,(H3,18,19,20). The van der Waals surface area contributed by atoms with Crippen LogP contribution in [0.2, 0.25) is 0 Å². The first-order valence-corrected chi connectivity index (χ1v) is 7.96. The number of rotatable bonds is 5. The van der Waals surface area contributed by atoms with Crippen LogP contribution in [0, 0.1) is 5.41 Å². The van der Waals surface area contributed by atoms with Gasteiger partial charge in [0.25, 0.3) is 0 Å². The lowest BCUT2D eigenvalue weighted by atomic mass is 10.00. The predicted molar refractivity (Wildman–Crippen MR) is 85.2 cm³/mol. The summed E-state index contributed by atoms with van der Waals surface area (Å²) in [5.74, 6) is 0.945. The Morgan fingerprint density at radius 3 is 2.67 bits per heavy atom. The van der Waals surface area contributed by atoms with Crippen LogP contribution < -0.4 is 11.1 Å². The maximum atomic E-state index is 9.75. The summed E-state index contributed by atoms with van der Waals surface area (Å²) in [4.78, 5) is 4.49. The Morgan fingerprint density at radius 2 is 2.00 bits per heavy atom. The van der Waals surface area contributed by atoms with E-state index in [2.05, 4.69) is 34.6 Å². The van der Waals surface area contributed by atoms with Crippen molar-refractivity contribution in [1.29, 1.82) is 0 Å². The maximum absolute atomic E-state index is 9.75. The molecule has 0 saturated heterocycles. The molecule has 114 valence electrons. The van der Waals surface area contributed by atoms with Gasteiger partial charge < -0.3 is 16.2 Å². The molecule has 1 aromatic rings. The van der Waals surface area contributed by atoms with Gasteiger partial charge in [-0.1, -0.05) is 43.2 Å². The summed E-state index contributed by atoms with van der Waals surface area (Å²) in [6, 6.07) is 10.9. The van der Waals surface area contributed by atoms with Crippen molar-refractivity contribution in [2.24, 2.45) is 16.1 Å². The highest BCUT2D eigenvalue weighted by Gasteiger charge is 2.54. The molecule has 4 N–H and O–H groups in total. The number of aliphatic hydroxyl groups is 1. The molecule has 2 saturated carbocycles. The second-order valence-electron chi connectivity index (χ2n) is 6.52. The zero-order valence-electron chi connectivity index (χ0n) is 12.5. The monoisotopic (exact) mass is 287 g/mol. The average Bonchev–Trinajstić information content (AvgIpc) is 3.03. The molecule has 0 radical (unpaired) electrons. The first-order chi connectivity index (χ1) is 10.2. The summed E-state index contributed by atoms with van der Waals surface area (Å²) >= 11 is 0. The number of benzene rings is 1. The lowest BCUT2D eigenvalue weighted by Gasteiger charge is -2.15. The van der Waals surface area contributed by atoms with Gasteiger partial charge in [-0.05, 0) is 30.7 Å². The third-order valence-corrected chi connectivity index (χ3v) is 4.98. The highest BCUT2D eigenvalue weighted by atomic mass is 16.3. The number of aliphatic imine (C=N–C) groups is 1. The zero-order valence-corrected chi connectivity index (χ0v) is 12.5. The minimum atomic E-state index is -0.108. The lowest BCUT2D eigenvalue weighted by Crippen LogP contribution is -2.39. The van der Waals surface area contributed by atoms with E-state index in [1.54, 1.807) is 0 Å². The van der Waals surface area contributed by atoms with Crippen molar-refractivity contribution in [2.45, 2.75) is 44.1 Å². The largest absolute Gasteiger partial charge is 0.396 e. The highest BCUT2D eigenvalue weighted by Crippen LogP contribution is 2.59. The van der Waals surface area contributed by atoms with E-state index in [0.717, 1.165) is 6.42 Å². The molecular weight excluding hydrogens is 262 g/mol. The fraction of sp³-hybridized carbons (Fsp3) is 0.588. The van der Waals surface area contributed by atoms with Crippen molar-refractivity contribution in [3.05, 3.63) is 35.9 Å². The fourth-order valence-corrected chi connectivity index (χ4v) is 3.47. The number of nitrogens with one attached hydrogen (secondary N) is 1. The molecule has 4 nitrogen and oxygen atoms in total. The van der Waals surface area contributed by atoms with Crippen LogP contribution in [0.1, 0.15) is 43.6 Å². The number of nitrogens with zero attached hydrogens (tertiary/aromatic N) is 1. The molecule has 2 aliphatic rings. The van der Waals surface area contributed by atoms with Crippen LogP contribution in [-0.4, -0.2) is 30.3 Å². The normalized spacial score (nSPS) is 29.6. The van der Waals surface area contributed by atoms with Crippen LogP contribution in [0.4, 0.5) is 0 Å². The van der Waals surface area contributed by atoms with Crippen LogP contribution in [0.25, 0.3) is 0 Å². The zero-order chi connectivity index (χ0) is 14.7. The Hall–Kier alpha value is -1.55. The smallest absolute Gasteiger partial charge is 0.188 e. The Bertz CT molecular complexity index is 496. The molecule has 3 rings (SSSR count). The van der Waals surface area contributed by atoms with E-state index in [1.807, 2.05) is 6.07 Å². The Morgan fingerprint density at radius 1 is 1.29 bits per heavy atom. The van der Waals surface area contributed by atoms with E-state index in [9.17, 15) is 5.11 Å². The SMILES string of the molecule is NC(=NCC1(CO)CC1c1ccccc1)NC1CCCC1.